The lowest BCUT2D eigenvalue weighted by atomic mass is 9.84. The number of carbonyl (C=O) groups is 1. The molecule has 1 aromatic carbocycles. The predicted octanol–water partition coefficient (Wildman–Crippen LogP) is 2.31. The Balaban J connectivity index is 1.64. The Kier molecular flexibility index (Phi) is 5.16. The Morgan fingerprint density at radius 2 is 1.92 bits per heavy atom. The Labute approximate surface area is 148 Å². The van der Waals surface area contributed by atoms with Gasteiger partial charge < -0.3 is 4.90 Å². The standard InChI is InChI=1S/C18H25FN2O3S/c1-12-9-13(3-6-17(12)19)14-10-15-4-5-16(11-14)21(15)18(22)7-8-20-25(2,23)24/h3,6,9,14-16,20H,4-5,7-8,10-11H2,1-2H3/t14?,15-,16+. The number of hydrogen-bond donors (Lipinski definition) is 1. The SMILES string of the molecule is Cc1cc(C2C[C@H]3CC[C@@H](C2)N3C(=O)CCNS(C)(=O)=O)ccc1F. The van der Waals surface area contributed by atoms with Gasteiger partial charge in [-0.2, -0.15) is 0 Å². The van der Waals surface area contributed by atoms with Gasteiger partial charge in [-0.15, -0.1) is 0 Å². The fourth-order valence-corrected chi connectivity index (χ4v) is 4.72. The average molecular weight is 368 g/mol. The van der Waals surface area contributed by atoms with Crippen molar-refractivity contribution in [3.05, 3.63) is 35.1 Å². The van der Waals surface area contributed by atoms with Crippen LogP contribution in [0.15, 0.2) is 18.2 Å². The van der Waals surface area contributed by atoms with E-state index in [2.05, 4.69) is 4.72 Å². The van der Waals surface area contributed by atoms with E-state index < -0.39 is 10.0 Å². The third-order valence-corrected chi connectivity index (χ3v) is 6.11. The maximum atomic E-state index is 13.5. The number of aryl methyl sites for hydroxylation is 1. The van der Waals surface area contributed by atoms with Crippen LogP contribution in [0, 0.1) is 12.7 Å². The molecule has 0 spiro atoms. The summed E-state index contributed by atoms with van der Waals surface area (Å²) in [6.07, 6.45) is 5.07. The number of halogens is 1. The third-order valence-electron chi connectivity index (χ3n) is 5.38. The van der Waals surface area contributed by atoms with E-state index in [1.165, 1.54) is 6.07 Å². The van der Waals surface area contributed by atoms with Gasteiger partial charge in [0.2, 0.25) is 15.9 Å². The molecule has 1 N–H and O–H groups in total. The highest BCUT2D eigenvalue weighted by Crippen LogP contribution is 2.43. The Morgan fingerprint density at radius 3 is 2.48 bits per heavy atom. The Morgan fingerprint density at radius 1 is 1.28 bits per heavy atom. The van der Waals surface area contributed by atoms with E-state index in [1.54, 1.807) is 6.92 Å². The van der Waals surface area contributed by atoms with Crippen molar-refractivity contribution in [2.24, 2.45) is 0 Å². The van der Waals surface area contributed by atoms with E-state index >= 15 is 0 Å². The van der Waals surface area contributed by atoms with Crippen LogP contribution in [0.1, 0.15) is 49.1 Å². The number of amides is 1. The molecule has 1 amide bonds. The molecule has 0 aliphatic carbocycles. The molecule has 2 aliphatic heterocycles. The quantitative estimate of drug-likeness (QED) is 0.867. The van der Waals surface area contributed by atoms with Gasteiger partial charge in [-0.05, 0) is 55.7 Å². The summed E-state index contributed by atoms with van der Waals surface area (Å²) in [5.74, 6) is 0.199. The van der Waals surface area contributed by atoms with Crippen LogP contribution in [0.3, 0.4) is 0 Å². The molecular formula is C18H25FN2O3S. The molecule has 2 heterocycles. The van der Waals surface area contributed by atoms with Crippen LogP contribution in [0.2, 0.25) is 0 Å². The lowest BCUT2D eigenvalue weighted by molar-refractivity contribution is -0.135. The number of hydrogen-bond acceptors (Lipinski definition) is 3. The lowest BCUT2D eigenvalue weighted by Gasteiger charge is -2.39. The number of nitrogens with zero attached hydrogens (tertiary/aromatic N) is 1. The van der Waals surface area contributed by atoms with Gasteiger partial charge in [0.1, 0.15) is 5.82 Å². The highest BCUT2D eigenvalue weighted by molar-refractivity contribution is 7.88. The first-order chi connectivity index (χ1) is 11.7. The molecular weight excluding hydrogens is 343 g/mol. The predicted molar refractivity (Wildman–Crippen MR) is 94.2 cm³/mol. The van der Waals surface area contributed by atoms with Crippen LogP contribution in [0.5, 0.6) is 0 Å². The second-order valence-electron chi connectivity index (χ2n) is 7.28. The fraction of sp³-hybridized carbons (Fsp3) is 0.611. The van der Waals surface area contributed by atoms with Crippen molar-refractivity contribution in [3.63, 3.8) is 0 Å². The molecule has 7 heteroatoms. The molecule has 0 aromatic heterocycles. The van der Waals surface area contributed by atoms with E-state index in [9.17, 15) is 17.6 Å². The van der Waals surface area contributed by atoms with Gasteiger partial charge in [0.05, 0.1) is 6.26 Å². The number of rotatable bonds is 5. The molecule has 3 rings (SSSR count). The van der Waals surface area contributed by atoms with Crippen molar-refractivity contribution >= 4 is 15.9 Å². The Hall–Kier alpha value is -1.47. The van der Waals surface area contributed by atoms with E-state index in [4.69, 9.17) is 0 Å². The second kappa shape index (κ2) is 7.03. The number of piperidine rings is 1. The first kappa shape index (κ1) is 18.3. The largest absolute Gasteiger partial charge is 0.337 e. The first-order valence-electron chi connectivity index (χ1n) is 8.76. The minimum atomic E-state index is -3.27. The topological polar surface area (TPSA) is 66.5 Å². The molecule has 1 aromatic rings. The number of nitrogens with one attached hydrogen (secondary N) is 1. The lowest BCUT2D eigenvalue weighted by Crippen LogP contribution is -2.46. The summed E-state index contributed by atoms with van der Waals surface area (Å²) in [6, 6.07) is 5.73. The zero-order valence-electron chi connectivity index (χ0n) is 14.7. The van der Waals surface area contributed by atoms with Gasteiger partial charge in [0, 0.05) is 25.0 Å². The number of sulfonamides is 1. The number of fused-ring (bicyclic) bond motifs is 2. The van der Waals surface area contributed by atoms with Gasteiger partial charge >= 0.3 is 0 Å². The zero-order valence-corrected chi connectivity index (χ0v) is 15.5. The van der Waals surface area contributed by atoms with Crippen molar-refractivity contribution in [1.82, 2.24) is 9.62 Å². The van der Waals surface area contributed by atoms with E-state index in [-0.39, 0.29) is 36.8 Å². The van der Waals surface area contributed by atoms with Gasteiger partial charge in [0.25, 0.3) is 0 Å². The van der Waals surface area contributed by atoms with Crippen LogP contribution in [-0.4, -0.2) is 44.1 Å². The zero-order chi connectivity index (χ0) is 18.2. The highest BCUT2D eigenvalue weighted by Gasteiger charge is 2.43. The van der Waals surface area contributed by atoms with Gasteiger partial charge in [-0.3, -0.25) is 4.79 Å². The van der Waals surface area contributed by atoms with Gasteiger partial charge in [0.15, 0.2) is 0 Å². The van der Waals surface area contributed by atoms with Crippen molar-refractivity contribution in [1.29, 1.82) is 0 Å². The van der Waals surface area contributed by atoms with Crippen molar-refractivity contribution in [3.8, 4) is 0 Å². The smallest absolute Gasteiger partial charge is 0.224 e. The average Bonchev–Trinajstić information content (AvgIpc) is 2.79. The number of carbonyl (C=O) groups excluding carboxylic acids is 1. The van der Waals surface area contributed by atoms with Crippen LogP contribution in [-0.2, 0) is 14.8 Å². The van der Waals surface area contributed by atoms with Crippen LogP contribution >= 0.6 is 0 Å². The molecule has 1 unspecified atom stereocenters. The first-order valence-corrected chi connectivity index (χ1v) is 10.7. The maximum Gasteiger partial charge on any atom is 0.224 e. The van der Waals surface area contributed by atoms with Gasteiger partial charge in [-0.25, -0.2) is 17.5 Å². The minimum Gasteiger partial charge on any atom is -0.337 e. The minimum absolute atomic E-state index is 0.0254. The molecule has 2 aliphatic rings. The van der Waals surface area contributed by atoms with Gasteiger partial charge in [-0.1, -0.05) is 12.1 Å². The number of benzene rings is 1. The summed E-state index contributed by atoms with van der Waals surface area (Å²) >= 11 is 0. The summed E-state index contributed by atoms with van der Waals surface area (Å²) in [7, 11) is -3.27. The van der Waals surface area contributed by atoms with E-state index in [0.29, 0.717) is 11.5 Å². The summed E-state index contributed by atoms with van der Waals surface area (Å²) in [5, 5.41) is 0. The molecule has 5 nitrogen and oxygen atoms in total. The normalized spacial score (nSPS) is 26.0. The third kappa shape index (κ3) is 4.20. The van der Waals surface area contributed by atoms with Crippen molar-refractivity contribution < 1.29 is 17.6 Å². The molecule has 2 saturated heterocycles. The monoisotopic (exact) mass is 368 g/mol. The van der Waals surface area contributed by atoms with E-state index in [0.717, 1.165) is 37.5 Å². The molecule has 25 heavy (non-hydrogen) atoms. The van der Waals surface area contributed by atoms with Crippen molar-refractivity contribution in [2.75, 3.05) is 12.8 Å². The fourth-order valence-electron chi connectivity index (χ4n) is 4.25. The van der Waals surface area contributed by atoms with E-state index in [1.807, 2.05) is 17.0 Å². The summed E-state index contributed by atoms with van der Waals surface area (Å²) in [5.41, 5.74) is 1.82. The summed E-state index contributed by atoms with van der Waals surface area (Å²) in [4.78, 5) is 14.5. The van der Waals surface area contributed by atoms with Crippen LogP contribution < -0.4 is 4.72 Å². The van der Waals surface area contributed by atoms with Crippen LogP contribution in [0.4, 0.5) is 4.39 Å². The molecule has 0 saturated carbocycles. The van der Waals surface area contributed by atoms with Crippen molar-refractivity contribution in [2.45, 2.75) is 57.0 Å². The molecule has 2 bridgehead atoms. The molecule has 2 fully saturated rings. The Bertz CT molecular complexity index is 752. The maximum absolute atomic E-state index is 13.5. The molecule has 3 atom stereocenters. The summed E-state index contributed by atoms with van der Waals surface area (Å²) in [6.45, 7) is 1.93. The molecule has 138 valence electrons. The second-order valence-corrected chi connectivity index (χ2v) is 9.11. The highest BCUT2D eigenvalue weighted by atomic mass is 32.2. The molecule has 0 radical (unpaired) electrons. The van der Waals surface area contributed by atoms with Crippen LogP contribution in [0.25, 0.3) is 0 Å². The summed E-state index contributed by atoms with van der Waals surface area (Å²) < 4.78 is 38.1.